The molecule has 0 saturated heterocycles. The standard InChI is InChI=1S/C11H18N2OS/c1-9-13-10(7-15-9)6-12-8-11(2-3-11)4-5-14/h7,12,14H,2-6,8H2,1H3. The molecule has 2 rings (SSSR count). The molecule has 1 saturated carbocycles. The van der Waals surface area contributed by atoms with E-state index in [0.717, 1.165) is 30.2 Å². The minimum atomic E-state index is 0.317. The molecule has 1 aromatic rings. The first kappa shape index (κ1) is 11.0. The molecular weight excluding hydrogens is 208 g/mol. The Labute approximate surface area is 94.5 Å². The molecule has 1 aliphatic rings. The Morgan fingerprint density at radius 1 is 1.60 bits per heavy atom. The van der Waals surface area contributed by atoms with Gasteiger partial charge in [0.2, 0.25) is 0 Å². The number of nitrogens with one attached hydrogen (secondary N) is 1. The van der Waals surface area contributed by atoms with Gasteiger partial charge in [-0.3, -0.25) is 0 Å². The van der Waals surface area contributed by atoms with Crippen molar-refractivity contribution in [2.75, 3.05) is 13.2 Å². The molecule has 84 valence electrons. The van der Waals surface area contributed by atoms with Crippen LogP contribution in [0.4, 0.5) is 0 Å². The molecular formula is C11H18N2OS. The summed E-state index contributed by atoms with van der Waals surface area (Å²) in [5, 5.41) is 15.6. The lowest BCUT2D eigenvalue weighted by molar-refractivity contribution is 0.245. The van der Waals surface area contributed by atoms with Crippen molar-refractivity contribution in [2.24, 2.45) is 5.41 Å². The van der Waals surface area contributed by atoms with Crippen molar-refractivity contribution in [1.29, 1.82) is 0 Å². The molecule has 0 unspecified atom stereocenters. The summed E-state index contributed by atoms with van der Waals surface area (Å²) in [4.78, 5) is 4.40. The van der Waals surface area contributed by atoms with Crippen LogP contribution < -0.4 is 5.32 Å². The summed E-state index contributed by atoms with van der Waals surface area (Å²) in [7, 11) is 0. The first-order valence-electron chi connectivity index (χ1n) is 5.47. The van der Waals surface area contributed by atoms with Gasteiger partial charge in [-0.25, -0.2) is 4.98 Å². The van der Waals surface area contributed by atoms with Crippen molar-refractivity contribution in [3.63, 3.8) is 0 Å². The van der Waals surface area contributed by atoms with Crippen LogP contribution in [0.5, 0.6) is 0 Å². The minimum absolute atomic E-state index is 0.317. The summed E-state index contributed by atoms with van der Waals surface area (Å²) in [6.07, 6.45) is 3.46. The molecule has 0 spiro atoms. The maximum atomic E-state index is 8.92. The third-order valence-corrected chi connectivity index (χ3v) is 3.89. The molecule has 2 N–H and O–H groups in total. The Kier molecular flexibility index (Phi) is 3.38. The van der Waals surface area contributed by atoms with Crippen LogP contribution in [0, 0.1) is 12.3 Å². The van der Waals surface area contributed by atoms with Gasteiger partial charge >= 0.3 is 0 Å². The van der Waals surface area contributed by atoms with Crippen LogP contribution in [0.15, 0.2) is 5.38 Å². The topological polar surface area (TPSA) is 45.2 Å². The van der Waals surface area contributed by atoms with Crippen molar-refractivity contribution >= 4 is 11.3 Å². The van der Waals surface area contributed by atoms with Crippen molar-refractivity contribution in [3.05, 3.63) is 16.1 Å². The van der Waals surface area contributed by atoms with Crippen LogP contribution in [0.1, 0.15) is 30.0 Å². The Morgan fingerprint density at radius 2 is 2.40 bits per heavy atom. The zero-order valence-corrected chi connectivity index (χ0v) is 9.94. The van der Waals surface area contributed by atoms with Gasteiger partial charge in [0, 0.05) is 25.1 Å². The van der Waals surface area contributed by atoms with Crippen molar-refractivity contribution in [2.45, 2.75) is 32.7 Å². The molecule has 1 aromatic heterocycles. The highest BCUT2D eigenvalue weighted by Crippen LogP contribution is 2.47. The molecule has 1 fully saturated rings. The fraction of sp³-hybridized carbons (Fsp3) is 0.727. The van der Waals surface area contributed by atoms with E-state index in [0.29, 0.717) is 12.0 Å². The van der Waals surface area contributed by atoms with Crippen LogP contribution in [0.25, 0.3) is 0 Å². The number of aliphatic hydroxyl groups excluding tert-OH is 1. The number of hydrogen-bond donors (Lipinski definition) is 2. The average molecular weight is 226 g/mol. The predicted octanol–water partition coefficient (Wildman–Crippen LogP) is 1.70. The number of rotatable bonds is 6. The second-order valence-electron chi connectivity index (χ2n) is 4.44. The molecule has 0 aliphatic heterocycles. The lowest BCUT2D eigenvalue weighted by Crippen LogP contribution is -2.24. The molecule has 0 aromatic carbocycles. The van der Waals surface area contributed by atoms with E-state index in [1.807, 2.05) is 6.92 Å². The maximum Gasteiger partial charge on any atom is 0.0897 e. The zero-order chi connectivity index (χ0) is 10.7. The molecule has 3 nitrogen and oxygen atoms in total. The Hall–Kier alpha value is -0.450. The van der Waals surface area contributed by atoms with Gasteiger partial charge in [-0.2, -0.15) is 0 Å². The molecule has 0 amide bonds. The quantitative estimate of drug-likeness (QED) is 0.776. The normalized spacial score (nSPS) is 18.0. The van der Waals surface area contributed by atoms with E-state index in [2.05, 4.69) is 15.7 Å². The number of aromatic nitrogens is 1. The van der Waals surface area contributed by atoms with Gasteiger partial charge in [-0.1, -0.05) is 0 Å². The number of aryl methyl sites for hydroxylation is 1. The summed E-state index contributed by atoms with van der Waals surface area (Å²) in [5.41, 5.74) is 1.54. The lowest BCUT2D eigenvalue weighted by atomic mass is 10.0. The van der Waals surface area contributed by atoms with E-state index in [4.69, 9.17) is 5.11 Å². The van der Waals surface area contributed by atoms with Gasteiger partial charge in [0.25, 0.3) is 0 Å². The maximum absolute atomic E-state index is 8.92. The highest BCUT2D eigenvalue weighted by atomic mass is 32.1. The predicted molar refractivity (Wildman–Crippen MR) is 61.9 cm³/mol. The summed E-state index contributed by atoms with van der Waals surface area (Å²) in [6, 6.07) is 0. The molecule has 4 heteroatoms. The number of nitrogens with zero attached hydrogens (tertiary/aromatic N) is 1. The number of thiazole rings is 1. The second kappa shape index (κ2) is 4.60. The number of hydrogen-bond acceptors (Lipinski definition) is 4. The first-order chi connectivity index (χ1) is 7.24. The van der Waals surface area contributed by atoms with Gasteiger partial charge in [0.1, 0.15) is 0 Å². The lowest BCUT2D eigenvalue weighted by Gasteiger charge is -2.13. The smallest absolute Gasteiger partial charge is 0.0897 e. The monoisotopic (exact) mass is 226 g/mol. The minimum Gasteiger partial charge on any atom is -0.396 e. The van der Waals surface area contributed by atoms with Crippen LogP contribution >= 0.6 is 11.3 Å². The van der Waals surface area contributed by atoms with Gasteiger partial charge in [0.15, 0.2) is 0 Å². The SMILES string of the molecule is Cc1nc(CNCC2(CCO)CC2)cs1. The van der Waals surface area contributed by atoms with Gasteiger partial charge in [-0.05, 0) is 31.6 Å². The van der Waals surface area contributed by atoms with E-state index in [1.165, 1.54) is 12.8 Å². The van der Waals surface area contributed by atoms with E-state index in [9.17, 15) is 0 Å². The first-order valence-corrected chi connectivity index (χ1v) is 6.35. The van der Waals surface area contributed by atoms with Crippen molar-refractivity contribution in [1.82, 2.24) is 10.3 Å². The van der Waals surface area contributed by atoms with E-state index < -0.39 is 0 Å². The van der Waals surface area contributed by atoms with Crippen LogP contribution in [0.3, 0.4) is 0 Å². The summed E-state index contributed by atoms with van der Waals surface area (Å²) >= 11 is 1.70. The van der Waals surface area contributed by atoms with Crippen molar-refractivity contribution in [3.8, 4) is 0 Å². The van der Waals surface area contributed by atoms with Gasteiger partial charge in [0.05, 0.1) is 10.7 Å². The van der Waals surface area contributed by atoms with E-state index in [-0.39, 0.29) is 0 Å². The van der Waals surface area contributed by atoms with Gasteiger partial charge in [-0.15, -0.1) is 11.3 Å². The van der Waals surface area contributed by atoms with Gasteiger partial charge < -0.3 is 10.4 Å². The highest BCUT2D eigenvalue weighted by molar-refractivity contribution is 7.09. The summed E-state index contributed by atoms with van der Waals surface area (Å²) in [6.45, 7) is 4.22. The second-order valence-corrected chi connectivity index (χ2v) is 5.50. The summed E-state index contributed by atoms with van der Waals surface area (Å²) in [5.74, 6) is 0. The molecule has 0 atom stereocenters. The molecule has 15 heavy (non-hydrogen) atoms. The van der Waals surface area contributed by atoms with Crippen LogP contribution in [0.2, 0.25) is 0 Å². The average Bonchev–Trinajstić information content (AvgIpc) is 2.83. The van der Waals surface area contributed by atoms with Crippen molar-refractivity contribution < 1.29 is 5.11 Å². The largest absolute Gasteiger partial charge is 0.396 e. The van der Waals surface area contributed by atoms with Crippen LogP contribution in [-0.2, 0) is 6.54 Å². The molecule has 1 aliphatic carbocycles. The van der Waals surface area contributed by atoms with E-state index >= 15 is 0 Å². The third-order valence-electron chi connectivity index (χ3n) is 3.07. The Balaban J connectivity index is 1.71. The fourth-order valence-electron chi connectivity index (χ4n) is 1.87. The van der Waals surface area contributed by atoms with E-state index in [1.54, 1.807) is 11.3 Å². The third kappa shape index (κ3) is 3.00. The Morgan fingerprint density at radius 3 is 2.93 bits per heavy atom. The highest BCUT2D eigenvalue weighted by Gasteiger charge is 2.41. The fourth-order valence-corrected chi connectivity index (χ4v) is 2.49. The van der Waals surface area contributed by atoms with Crippen LogP contribution in [-0.4, -0.2) is 23.2 Å². The zero-order valence-electron chi connectivity index (χ0n) is 9.12. The summed E-state index contributed by atoms with van der Waals surface area (Å²) < 4.78 is 0. The molecule has 1 heterocycles. The Bertz CT molecular complexity index is 320. The molecule has 0 bridgehead atoms. The molecule has 0 radical (unpaired) electrons. The number of aliphatic hydroxyl groups is 1.